The summed E-state index contributed by atoms with van der Waals surface area (Å²) in [6.07, 6.45) is 3.25. The Hall–Kier alpha value is -3.29. The highest BCUT2D eigenvalue weighted by Crippen LogP contribution is 2.39. The molecule has 0 saturated carbocycles. The van der Waals surface area contributed by atoms with E-state index in [0.717, 1.165) is 18.5 Å². The Morgan fingerprint density at radius 2 is 1.71 bits per heavy atom. The van der Waals surface area contributed by atoms with Crippen molar-refractivity contribution in [2.24, 2.45) is 5.92 Å². The van der Waals surface area contributed by atoms with Gasteiger partial charge in [0.1, 0.15) is 0 Å². The van der Waals surface area contributed by atoms with Crippen LogP contribution in [0.3, 0.4) is 0 Å². The van der Waals surface area contributed by atoms with E-state index in [4.69, 9.17) is 14.2 Å². The highest BCUT2D eigenvalue weighted by atomic mass is 16.5. The predicted octanol–water partition coefficient (Wildman–Crippen LogP) is 2.84. The summed E-state index contributed by atoms with van der Waals surface area (Å²) in [4.78, 5) is 31.2. The number of aromatic nitrogens is 1. The summed E-state index contributed by atoms with van der Waals surface area (Å²) >= 11 is 0. The van der Waals surface area contributed by atoms with Crippen molar-refractivity contribution in [2.75, 3.05) is 34.4 Å². The maximum absolute atomic E-state index is 13.2. The molecule has 2 aromatic rings. The Labute approximate surface area is 182 Å². The molecule has 2 heterocycles. The highest BCUT2D eigenvalue weighted by Gasteiger charge is 2.31. The van der Waals surface area contributed by atoms with E-state index in [0.29, 0.717) is 35.9 Å². The molecule has 1 N–H and O–H groups in total. The molecule has 0 spiro atoms. The van der Waals surface area contributed by atoms with Crippen LogP contribution in [0, 0.1) is 5.92 Å². The van der Waals surface area contributed by atoms with Gasteiger partial charge in [-0.2, -0.15) is 0 Å². The minimum absolute atomic E-state index is 0.0911. The van der Waals surface area contributed by atoms with Gasteiger partial charge in [-0.25, -0.2) is 0 Å². The van der Waals surface area contributed by atoms with E-state index in [1.54, 1.807) is 18.3 Å². The van der Waals surface area contributed by atoms with E-state index < -0.39 is 0 Å². The fraction of sp³-hybridized carbons (Fsp3) is 0.435. The Morgan fingerprint density at radius 1 is 1.06 bits per heavy atom. The Morgan fingerprint density at radius 3 is 2.19 bits per heavy atom. The zero-order valence-electron chi connectivity index (χ0n) is 18.4. The zero-order chi connectivity index (χ0) is 22.4. The van der Waals surface area contributed by atoms with Gasteiger partial charge in [0.05, 0.1) is 33.1 Å². The van der Waals surface area contributed by atoms with Crippen LogP contribution in [-0.4, -0.2) is 56.1 Å². The summed E-state index contributed by atoms with van der Waals surface area (Å²) in [6, 6.07) is 8.87. The van der Waals surface area contributed by atoms with Gasteiger partial charge in [0, 0.05) is 31.8 Å². The molecule has 8 heteroatoms. The fourth-order valence-corrected chi connectivity index (χ4v) is 4.04. The van der Waals surface area contributed by atoms with Gasteiger partial charge in [-0.15, -0.1) is 0 Å². The van der Waals surface area contributed by atoms with E-state index in [9.17, 15) is 9.59 Å². The number of amides is 2. The SMILES string of the molecule is COc1cc(C(=O)N2CCC(C(NC(C)=O)c3ccccn3)CC2)cc(OC)c1OC. The molecule has 1 saturated heterocycles. The molecule has 0 aliphatic carbocycles. The van der Waals surface area contributed by atoms with Crippen molar-refractivity contribution < 1.29 is 23.8 Å². The number of ether oxygens (including phenoxy) is 3. The molecule has 3 rings (SSSR count). The average Bonchev–Trinajstić information content (AvgIpc) is 2.81. The number of carbonyl (C=O) groups excluding carboxylic acids is 2. The van der Waals surface area contributed by atoms with Crippen molar-refractivity contribution in [1.82, 2.24) is 15.2 Å². The number of hydrogen-bond acceptors (Lipinski definition) is 6. The molecule has 0 bridgehead atoms. The summed E-state index contributed by atoms with van der Waals surface area (Å²) in [5, 5.41) is 3.03. The van der Waals surface area contributed by atoms with Crippen LogP contribution in [0.5, 0.6) is 17.2 Å². The van der Waals surface area contributed by atoms with E-state index >= 15 is 0 Å². The third kappa shape index (κ3) is 5.07. The summed E-state index contributed by atoms with van der Waals surface area (Å²) < 4.78 is 16.1. The molecule has 166 valence electrons. The number of benzene rings is 1. The van der Waals surface area contributed by atoms with Crippen LogP contribution in [0.2, 0.25) is 0 Å². The van der Waals surface area contributed by atoms with Gasteiger partial charge >= 0.3 is 0 Å². The second-order valence-corrected chi connectivity index (χ2v) is 7.48. The lowest BCUT2D eigenvalue weighted by atomic mass is 9.87. The number of nitrogens with one attached hydrogen (secondary N) is 1. The van der Waals surface area contributed by atoms with Crippen LogP contribution >= 0.6 is 0 Å². The van der Waals surface area contributed by atoms with Crippen molar-refractivity contribution in [2.45, 2.75) is 25.8 Å². The lowest BCUT2D eigenvalue weighted by Crippen LogP contribution is -2.43. The number of likely N-dealkylation sites (tertiary alicyclic amines) is 1. The van der Waals surface area contributed by atoms with Crippen LogP contribution in [-0.2, 0) is 4.79 Å². The van der Waals surface area contributed by atoms with Gasteiger partial charge in [-0.3, -0.25) is 14.6 Å². The second kappa shape index (κ2) is 10.1. The molecule has 1 aromatic carbocycles. The largest absolute Gasteiger partial charge is 0.493 e. The quantitative estimate of drug-likeness (QED) is 0.731. The number of carbonyl (C=O) groups is 2. The molecule has 1 fully saturated rings. The second-order valence-electron chi connectivity index (χ2n) is 7.48. The molecule has 1 aromatic heterocycles. The fourth-order valence-electron chi connectivity index (χ4n) is 4.04. The number of pyridine rings is 1. The maximum atomic E-state index is 13.2. The predicted molar refractivity (Wildman–Crippen MR) is 116 cm³/mol. The standard InChI is InChI=1S/C23H29N3O5/c1-15(27)25-21(18-7-5-6-10-24-18)16-8-11-26(12-9-16)23(28)17-13-19(29-2)22(31-4)20(14-17)30-3/h5-7,10,13-14,16,21H,8-9,11-12H2,1-4H3,(H,25,27). The summed E-state index contributed by atoms with van der Waals surface area (Å²) in [7, 11) is 4.58. The summed E-state index contributed by atoms with van der Waals surface area (Å²) in [6.45, 7) is 2.69. The van der Waals surface area contributed by atoms with Gasteiger partial charge in [0.2, 0.25) is 11.7 Å². The summed E-state index contributed by atoms with van der Waals surface area (Å²) in [5.41, 5.74) is 1.32. The van der Waals surface area contributed by atoms with Crippen molar-refractivity contribution in [1.29, 1.82) is 0 Å². The van der Waals surface area contributed by atoms with Crippen molar-refractivity contribution in [3.63, 3.8) is 0 Å². The van der Waals surface area contributed by atoms with E-state index in [1.807, 2.05) is 23.1 Å². The molecule has 1 aliphatic heterocycles. The first-order valence-corrected chi connectivity index (χ1v) is 10.3. The Kier molecular flexibility index (Phi) is 7.33. The lowest BCUT2D eigenvalue weighted by Gasteiger charge is -2.36. The number of methoxy groups -OCH3 is 3. The van der Waals surface area contributed by atoms with E-state index in [1.165, 1.54) is 28.3 Å². The van der Waals surface area contributed by atoms with Crippen LogP contribution < -0.4 is 19.5 Å². The normalized spacial score (nSPS) is 15.2. The molecule has 2 amide bonds. The number of nitrogens with zero attached hydrogens (tertiary/aromatic N) is 2. The molecule has 0 radical (unpaired) electrons. The number of piperidine rings is 1. The molecule has 1 unspecified atom stereocenters. The molecular formula is C23H29N3O5. The van der Waals surface area contributed by atoms with Gasteiger partial charge in [-0.05, 0) is 43.0 Å². The molecule has 31 heavy (non-hydrogen) atoms. The van der Waals surface area contributed by atoms with Crippen LogP contribution in [0.4, 0.5) is 0 Å². The third-order valence-corrected chi connectivity index (χ3v) is 5.58. The van der Waals surface area contributed by atoms with Crippen molar-refractivity contribution in [3.05, 3.63) is 47.8 Å². The zero-order valence-corrected chi connectivity index (χ0v) is 18.4. The van der Waals surface area contributed by atoms with Crippen molar-refractivity contribution >= 4 is 11.8 Å². The average molecular weight is 428 g/mol. The maximum Gasteiger partial charge on any atom is 0.254 e. The Balaban J connectivity index is 1.74. The molecule has 1 aliphatic rings. The van der Waals surface area contributed by atoms with Crippen LogP contribution in [0.25, 0.3) is 0 Å². The van der Waals surface area contributed by atoms with Crippen molar-refractivity contribution in [3.8, 4) is 17.2 Å². The first-order valence-electron chi connectivity index (χ1n) is 10.3. The Bertz CT molecular complexity index is 886. The van der Waals surface area contributed by atoms with Crippen LogP contribution in [0.15, 0.2) is 36.5 Å². The van der Waals surface area contributed by atoms with Gasteiger partial charge in [0.25, 0.3) is 5.91 Å². The summed E-state index contributed by atoms with van der Waals surface area (Å²) in [5.74, 6) is 1.36. The van der Waals surface area contributed by atoms with E-state index in [-0.39, 0.29) is 23.8 Å². The third-order valence-electron chi connectivity index (χ3n) is 5.58. The lowest BCUT2D eigenvalue weighted by molar-refractivity contribution is -0.120. The first kappa shape index (κ1) is 22.4. The highest BCUT2D eigenvalue weighted by molar-refractivity contribution is 5.95. The van der Waals surface area contributed by atoms with Gasteiger partial charge in [0.15, 0.2) is 11.5 Å². The minimum Gasteiger partial charge on any atom is -0.493 e. The smallest absolute Gasteiger partial charge is 0.254 e. The van der Waals surface area contributed by atoms with Gasteiger partial charge < -0.3 is 24.4 Å². The molecular weight excluding hydrogens is 398 g/mol. The topological polar surface area (TPSA) is 90.0 Å². The minimum atomic E-state index is -0.169. The van der Waals surface area contributed by atoms with Gasteiger partial charge in [-0.1, -0.05) is 6.07 Å². The molecule has 1 atom stereocenters. The number of hydrogen-bond donors (Lipinski definition) is 1. The monoisotopic (exact) mass is 427 g/mol. The molecule has 8 nitrogen and oxygen atoms in total. The van der Waals surface area contributed by atoms with E-state index in [2.05, 4.69) is 10.3 Å². The first-order chi connectivity index (χ1) is 15.0. The van der Waals surface area contributed by atoms with Crippen LogP contribution in [0.1, 0.15) is 41.9 Å². The number of rotatable bonds is 7.